The molecule has 4 saturated carbocycles. The lowest BCUT2D eigenvalue weighted by Gasteiger charge is -2.61. The van der Waals surface area contributed by atoms with Gasteiger partial charge in [0.2, 0.25) is 5.91 Å². The fraction of sp³-hybridized carbons (Fsp3) is 0.853. The van der Waals surface area contributed by atoms with E-state index >= 15 is 0 Å². The van der Waals surface area contributed by atoms with Gasteiger partial charge in [-0.1, -0.05) is 40.2 Å². The molecular formula is C34H54N2O6S. The summed E-state index contributed by atoms with van der Waals surface area (Å²) in [6.07, 6.45) is 8.45. The Labute approximate surface area is 261 Å². The molecule has 1 saturated heterocycles. The van der Waals surface area contributed by atoms with E-state index in [-0.39, 0.29) is 63.9 Å². The van der Waals surface area contributed by atoms with Crippen LogP contribution in [0.4, 0.5) is 0 Å². The summed E-state index contributed by atoms with van der Waals surface area (Å²) in [6, 6.07) is -0.179. The number of Topliss-reactive ketones (excluding diaryl/α,β-unsaturated/α-hetero) is 1. The Hall–Kier alpha value is -1.42. The maximum absolute atomic E-state index is 13.6. The monoisotopic (exact) mass is 618 g/mol. The molecule has 4 aliphatic carbocycles. The van der Waals surface area contributed by atoms with Gasteiger partial charge in [0.05, 0.1) is 24.0 Å². The Bertz CT molecular complexity index is 1080. The van der Waals surface area contributed by atoms with Crippen LogP contribution in [0.15, 0.2) is 12.7 Å². The van der Waals surface area contributed by atoms with Crippen molar-refractivity contribution in [3.8, 4) is 0 Å². The highest BCUT2D eigenvalue weighted by molar-refractivity contribution is 8.00. The van der Waals surface area contributed by atoms with Gasteiger partial charge in [0, 0.05) is 34.5 Å². The van der Waals surface area contributed by atoms with Gasteiger partial charge >= 0.3 is 5.97 Å². The number of ether oxygens (including phenoxy) is 1. The fourth-order valence-corrected chi connectivity index (χ4v) is 10.8. The molecule has 4 N–H and O–H groups in total. The van der Waals surface area contributed by atoms with E-state index in [2.05, 4.69) is 38.0 Å². The number of amides is 1. The number of thioether (sulfide) groups is 1. The summed E-state index contributed by atoms with van der Waals surface area (Å²) in [4.78, 5) is 40.0. The maximum atomic E-state index is 13.6. The molecule has 5 fully saturated rings. The van der Waals surface area contributed by atoms with Gasteiger partial charge in [-0.25, -0.2) is 0 Å². The molecule has 2 bridgehead atoms. The number of aliphatic hydroxyl groups excluding tert-OH is 2. The molecule has 0 spiro atoms. The molecule has 9 heteroatoms. The van der Waals surface area contributed by atoms with Crippen molar-refractivity contribution < 1.29 is 29.3 Å². The van der Waals surface area contributed by atoms with Crippen molar-refractivity contribution in [3.63, 3.8) is 0 Å². The van der Waals surface area contributed by atoms with E-state index in [0.29, 0.717) is 25.7 Å². The highest BCUT2D eigenvalue weighted by Gasteiger charge is 2.68. The predicted octanol–water partition coefficient (Wildman–Crippen LogP) is 4.17. The van der Waals surface area contributed by atoms with E-state index in [1.54, 1.807) is 0 Å². The smallest absolute Gasteiger partial charge is 0.316 e. The van der Waals surface area contributed by atoms with Gasteiger partial charge in [0.1, 0.15) is 11.9 Å². The normalized spacial score (nSPS) is 46.7. The third kappa shape index (κ3) is 5.97. The van der Waals surface area contributed by atoms with Crippen molar-refractivity contribution in [2.75, 3.05) is 12.3 Å². The van der Waals surface area contributed by atoms with Crippen molar-refractivity contribution in [3.05, 3.63) is 12.7 Å². The number of piperidine rings is 1. The Kier molecular flexibility index (Phi) is 9.78. The largest absolute Gasteiger partial charge is 0.461 e. The summed E-state index contributed by atoms with van der Waals surface area (Å²) in [7, 11) is 0. The lowest BCUT2D eigenvalue weighted by molar-refractivity contribution is -0.205. The van der Waals surface area contributed by atoms with E-state index in [4.69, 9.17) is 4.74 Å². The van der Waals surface area contributed by atoms with Gasteiger partial charge in [-0.05, 0) is 81.6 Å². The van der Waals surface area contributed by atoms with Gasteiger partial charge in [-0.2, -0.15) is 0 Å². The minimum absolute atomic E-state index is 0.0287. The van der Waals surface area contributed by atoms with Gasteiger partial charge in [0.15, 0.2) is 0 Å². The van der Waals surface area contributed by atoms with E-state index in [1.165, 1.54) is 11.8 Å². The van der Waals surface area contributed by atoms with Crippen LogP contribution in [0.2, 0.25) is 0 Å². The van der Waals surface area contributed by atoms with Crippen LogP contribution in [0.3, 0.4) is 0 Å². The van der Waals surface area contributed by atoms with Crippen molar-refractivity contribution >= 4 is 29.4 Å². The molecule has 0 aromatic rings. The summed E-state index contributed by atoms with van der Waals surface area (Å²) in [6.45, 7) is 13.4. The lowest BCUT2D eigenvalue weighted by Crippen LogP contribution is -2.63. The molecule has 5 rings (SSSR count). The van der Waals surface area contributed by atoms with Gasteiger partial charge in [-0.3, -0.25) is 14.4 Å². The van der Waals surface area contributed by atoms with E-state index in [0.717, 1.165) is 51.5 Å². The second-order valence-electron chi connectivity index (χ2n) is 15.0. The minimum atomic E-state index is -0.694. The first kappa shape index (κ1) is 33.0. The third-order valence-electron chi connectivity index (χ3n) is 12.7. The number of ketones is 1. The van der Waals surface area contributed by atoms with Gasteiger partial charge < -0.3 is 25.6 Å². The van der Waals surface area contributed by atoms with E-state index in [1.807, 2.05) is 13.0 Å². The van der Waals surface area contributed by atoms with Crippen molar-refractivity contribution in [1.29, 1.82) is 0 Å². The Morgan fingerprint density at radius 1 is 1.14 bits per heavy atom. The summed E-state index contributed by atoms with van der Waals surface area (Å²) in [5.41, 5.74) is -1.52. The van der Waals surface area contributed by atoms with Gasteiger partial charge in [-0.15, -0.1) is 18.3 Å². The topological polar surface area (TPSA) is 125 Å². The number of aliphatic hydroxyl groups is 2. The van der Waals surface area contributed by atoms with Crippen LogP contribution in [0.25, 0.3) is 0 Å². The minimum Gasteiger partial charge on any atom is -0.461 e. The summed E-state index contributed by atoms with van der Waals surface area (Å²) < 4.78 is 6.39. The molecule has 242 valence electrons. The Morgan fingerprint density at radius 2 is 1.91 bits per heavy atom. The zero-order valence-corrected chi connectivity index (χ0v) is 27.4. The number of esters is 1. The number of rotatable bonds is 7. The molecule has 5 aliphatic rings. The molecule has 1 aliphatic heterocycles. The van der Waals surface area contributed by atoms with Gasteiger partial charge in [0.25, 0.3) is 0 Å². The first-order valence-electron chi connectivity index (χ1n) is 16.7. The standard InChI is InChI=1S/C34H54N2O6S/c1-6-32(4)18-27(33(5)20(2)12-14-34(21(3)30(32)40)15-13-25(38)29(33)34)42-28(39)19-43-26-17-22(10-11-24(26)37)36-31(41)23-9-7-8-16-35-23/h6,20-24,26-27,29-30,35,37,40H,1,7-19H2,2-5H3,(H,36,41)/t20?,21-,22-,23+,24-,26+,27+,29-,30-,32+,33-,34?/m0/s1. The van der Waals surface area contributed by atoms with Crippen LogP contribution in [0.5, 0.6) is 0 Å². The average Bonchev–Trinajstić information content (AvgIpc) is 3.36. The first-order chi connectivity index (χ1) is 20.4. The van der Waals surface area contributed by atoms with E-state index in [9.17, 15) is 24.6 Å². The predicted molar refractivity (Wildman–Crippen MR) is 168 cm³/mol. The molecule has 1 heterocycles. The second kappa shape index (κ2) is 12.8. The van der Waals surface area contributed by atoms with Crippen LogP contribution in [0, 0.1) is 34.0 Å². The molecule has 1 amide bonds. The third-order valence-corrected chi connectivity index (χ3v) is 14.1. The quantitative estimate of drug-likeness (QED) is 0.248. The molecule has 0 aromatic heterocycles. The van der Waals surface area contributed by atoms with Crippen LogP contribution in [0.1, 0.15) is 98.3 Å². The SMILES string of the molecule is C=C[C@]1(C)C[C@@H](OC(=O)CS[C@@H]2C[C@@H](NC(=O)[C@H]3CCCCN3)CC[C@@H]2O)[C@]2(C)C(C)CCC3(CCC(=O)[C@H]32)[C@@H](C)[C@@H]1O. The number of carbonyl (C=O) groups is 3. The molecule has 2 unspecified atom stereocenters. The van der Waals surface area contributed by atoms with Crippen LogP contribution in [-0.4, -0.2) is 75.8 Å². The molecule has 43 heavy (non-hydrogen) atoms. The summed E-state index contributed by atoms with van der Waals surface area (Å²) >= 11 is 1.40. The molecular weight excluding hydrogens is 564 g/mol. The molecule has 0 aromatic carbocycles. The zero-order valence-electron chi connectivity index (χ0n) is 26.6. The highest BCUT2D eigenvalue weighted by Crippen LogP contribution is 2.68. The second-order valence-corrected chi connectivity index (χ2v) is 16.2. The molecule has 0 radical (unpaired) electrons. The number of carbonyl (C=O) groups excluding carboxylic acids is 3. The Balaban J connectivity index is 1.29. The van der Waals surface area contributed by atoms with Crippen LogP contribution >= 0.6 is 11.8 Å². The fourth-order valence-electron chi connectivity index (χ4n) is 9.67. The lowest BCUT2D eigenvalue weighted by atomic mass is 9.44. The number of hydrogen-bond acceptors (Lipinski definition) is 8. The molecule has 12 atom stereocenters. The summed E-state index contributed by atoms with van der Waals surface area (Å²) in [5, 5.41) is 28.8. The number of hydrogen-bond donors (Lipinski definition) is 4. The van der Waals surface area contributed by atoms with E-state index < -0.39 is 29.1 Å². The first-order valence-corrected chi connectivity index (χ1v) is 17.8. The molecule has 8 nitrogen and oxygen atoms in total. The van der Waals surface area contributed by atoms with Crippen molar-refractivity contribution in [1.82, 2.24) is 10.6 Å². The average molecular weight is 619 g/mol. The van der Waals surface area contributed by atoms with Crippen LogP contribution < -0.4 is 10.6 Å². The van der Waals surface area contributed by atoms with Crippen LogP contribution in [-0.2, 0) is 19.1 Å². The summed E-state index contributed by atoms with van der Waals surface area (Å²) in [5.74, 6) is -0.143. The number of nitrogens with one attached hydrogen (secondary N) is 2. The van der Waals surface area contributed by atoms with Crippen molar-refractivity contribution in [2.24, 2.45) is 34.0 Å². The zero-order chi connectivity index (χ0) is 31.2. The maximum Gasteiger partial charge on any atom is 0.316 e. The highest BCUT2D eigenvalue weighted by atomic mass is 32.2. The van der Waals surface area contributed by atoms with Crippen molar-refractivity contribution in [2.45, 2.75) is 134 Å². The Morgan fingerprint density at radius 3 is 2.60 bits per heavy atom.